The minimum Gasteiger partial charge on any atom is -0.389 e. The summed E-state index contributed by atoms with van der Waals surface area (Å²) >= 11 is 6.10. The molecular formula is C13H15ClN2O2. The van der Waals surface area contributed by atoms with Crippen molar-refractivity contribution in [2.24, 2.45) is 0 Å². The number of benzene rings is 1. The lowest BCUT2D eigenvalue weighted by Crippen LogP contribution is -2.24. The van der Waals surface area contributed by atoms with Crippen molar-refractivity contribution in [1.82, 2.24) is 4.98 Å². The Bertz CT molecular complexity index is 533. The number of nitrogens with zero attached hydrogens (tertiary/aromatic N) is 1. The lowest BCUT2D eigenvalue weighted by molar-refractivity contribution is 0.0728. The first kappa shape index (κ1) is 13.1. The van der Waals surface area contributed by atoms with Crippen LogP contribution in [0.15, 0.2) is 30.5 Å². The summed E-state index contributed by atoms with van der Waals surface area (Å²) in [6.45, 7) is 0.701. The van der Waals surface area contributed by atoms with E-state index in [1.165, 1.54) is 0 Å². The van der Waals surface area contributed by atoms with E-state index in [-0.39, 0.29) is 0 Å². The van der Waals surface area contributed by atoms with Crippen molar-refractivity contribution in [3.05, 3.63) is 35.5 Å². The largest absolute Gasteiger partial charge is 0.389 e. The standard InChI is InChI=1S/C13H15ClN2O2/c1-18-8-9(17)7-16-12-5-4-11(14)10-3-2-6-15-13(10)12/h2-6,9,16-17H,7-8H2,1H3. The molecule has 0 amide bonds. The van der Waals surface area contributed by atoms with Crippen LogP contribution in [0.2, 0.25) is 5.02 Å². The third kappa shape index (κ3) is 2.90. The molecule has 4 nitrogen and oxygen atoms in total. The number of rotatable bonds is 5. The molecule has 1 aromatic heterocycles. The van der Waals surface area contributed by atoms with Crippen LogP contribution < -0.4 is 5.32 Å². The Balaban J connectivity index is 2.21. The maximum absolute atomic E-state index is 9.60. The second-order valence-electron chi connectivity index (χ2n) is 3.98. The van der Waals surface area contributed by atoms with Gasteiger partial charge in [0.2, 0.25) is 0 Å². The molecule has 1 unspecified atom stereocenters. The summed E-state index contributed by atoms with van der Waals surface area (Å²) in [5, 5.41) is 14.3. The van der Waals surface area contributed by atoms with Crippen LogP contribution in [0.4, 0.5) is 5.69 Å². The smallest absolute Gasteiger partial charge is 0.0948 e. The lowest BCUT2D eigenvalue weighted by atomic mass is 10.2. The molecule has 5 heteroatoms. The fraction of sp³-hybridized carbons (Fsp3) is 0.308. The zero-order valence-corrected chi connectivity index (χ0v) is 10.8. The summed E-state index contributed by atoms with van der Waals surface area (Å²) in [6, 6.07) is 7.44. The number of ether oxygens (including phenoxy) is 1. The molecular weight excluding hydrogens is 252 g/mol. The molecule has 0 bridgehead atoms. The minimum absolute atomic E-state index is 0.298. The summed E-state index contributed by atoms with van der Waals surface area (Å²) in [4.78, 5) is 4.31. The molecule has 1 heterocycles. The lowest BCUT2D eigenvalue weighted by Gasteiger charge is -2.13. The Morgan fingerprint density at radius 3 is 3.06 bits per heavy atom. The van der Waals surface area contributed by atoms with Crippen LogP contribution in [0.25, 0.3) is 10.9 Å². The molecule has 18 heavy (non-hydrogen) atoms. The molecule has 0 aliphatic carbocycles. The van der Waals surface area contributed by atoms with Crippen LogP contribution in [-0.4, -0.2) is 36.5 Å². The van der Waals surface area contributed by atoms with Crippen molar-refractivity contribution in [3.8, 4) is 0 Å². The number of hydrogen-bond donors (Lipinski definition) is 2. The van der Waals surface area contributed by atoms with Gasteiger partial charge in [-0.15, -0.1) is 0 Å². The van der Waals surface area contributed by atoms with Gasteiger partial charge in [0.1, 0.15) is 0 Å². The van der Waals surface area contributed by atoms with Crippen molar-refractivity contribution < 1.29 is 9.84 Å². The van der Waals surface area contributed by atoms with E-state index in [1.807, 2.05) is 24.3 Å². The molecule has 0 saturated carbocycles. The van der Waals surface area contributed by atoms with Crippen LogP contribution in [0.1, 0.15) is 0 Å². The molecule has 1 atom stereocenters. The molecule has 2 rings (SSSR count). The van der Waals surface area contributed by atoms with Crippen molar-refractivity contribution in [3.63, 3.8) is 0 Å². The normalized spacial score (nSPS) is 12.6. The van der Waals surface area contributed by atoms with E-state index in [9.17, 15) is 5.11 Å². The van der Waals surface area contributed by atoms with E-state index in [4.69, 9.17) is 16.3 Å². The highest BCUT2D eigenvalue weighted by Gasteiger charge is 2.07. The van der Waals surface area contributed by atoms with E-state index in [2.05, 4.69) is 10.3 Å². The highest BCUT2D eigenvalue weighted by molar-refractivity contribution is 6.35. The number of methoxy groups -OCH3 is 1. The zero-order chi connectivity index (χ0) is 13.0. The second kappa shape index (κ2) is 6.00. The van der Waals surface area contributed by atoms with Crippen LogP contribution in [0.5, 0.6) is 0 Å². The molecule has 96 valence electrons. The van der Waals surface area contributed by atoms with Gasteiger partial charge in [-0.05, 0) is 24.3 Å². The first-order valence-corrected chi connectivity index (χ1v) is 6.04. The van der Waals surface area contributed by atoms with Crippen LogP contribution in [-0.2, 0) is 4.74 Å². The Kier molecular flexibility index (Phi) is 4.36. The quantitative estimate of drug-likeness (QED) is 0.872. The molecule has 2 N–H and O–H groups in total. The first-order chi connectivity index (χ1) is 8.72. The Morgan fingerprint density at radius 1 is 1.44 bits per heavy atom. The van der Waals surface area contributed by atoms with Gasteiger partial charge in [-0.25, -0.2) is 0 Å². The molecule has 2 aromatic rings. The van der Waals surface area contributed by atoms with Gasteiger partial charge < -0.3 is 15.2 Å². The maximum atomic E-state index is 9.60. The summed E-state index contributed by atoms with van der Waals surface area (Å²) in [6.07, 6.45) is 1.17. The number of hydrogen-bond acceptors (Lipinski definition) is 4. The topological polar surface area (TPSA) is 54.4 Å². The Hall–Kier alpha value is -1.36. The van der Waals surface area contributed by atoms with E-state index in [0.717, 1.165) is 16.6 Å². The van der Waals surface area contributed by atoms with Gasteiger partial charge in [-0.1, -0.05) is 11.6 Å². The molecule has 0 aliphatic heterocycles. The number of aliphatic hydroxyl groups is 1. The fourth-order valence-corrected chi connectivity index (χ4v) is 1.98. The minimum atomic E-state index is -0.551. The number of aromatic nitrogens is 1. The number of pyridine rings is 1. The summed E-state index contributed by atoms with van der Waals surface area (Å²) in [5.74, 6) is 0. The van der Waals surface area contributed by atoms with Gasteiger partial charge in [0.25, 0.3) is 0 Å². The van der Waals surface area contributed by atoms with Crippen LogP contribution in [0, 0.1) is 0 Å². The third-order valence-electron chi connectivity index (χ3n) is 2.60. The highest BCUT2D eigenvalue weighted by atomic mass is 35.5. The SMILES string of the molecule is COCC(O)CNc1ccc(Cl)c2cccnc12. The predicted molar refractivity (Wildman–Crippen MR) is 73.1 cm³/mol. The molecule has 0 spiro atoms. The predicted octanol–water partition coefficient (Wildman–Crippen LogP) is 2.31. The fourth-order valence-electron chi connectivity index (χ4n) is 1.76. The van der Waals surface area contributed by atoms with Gasteiger partial charge in [0.05, 0.1) is 28.9 Å². The average Bonchev–Trinajstić information content (AvgIpc) is 2.39. The number of fused-ring (bicyclic) bond motifs is 1. The number of halogens is 1. The number of nitrogens with one attached hydrogen (secondary N) is 1. The van der Waals surface area contributed by atoms with Crippen LogP contribution in [0.3, 0.4) is 0 Å². The van der Waals surface area contributed by atoms with E-state index in [0.29, 0.717) is 18.2 Å². The third-order valence-corrected chi connectivity index (χ3v) is 2.93. The molecule has 0 aliphatic rings. The van der Waals surface area contributed by atoms with E-state index in [1.54, 1.807) is 13.3 Å². The summed E-state index contributed by atoms with van der Waals surface area (Å²) in [5.41, 5.74) is 1.65. The van der Waals surface area contributed by atoms with Gasteiger partial charge in [0.15, 0.2) is 0 Å². The van der Waals surface area contributed by atoms with Gasteiger partial charge in [-0.3, -0.25) is 4.98 Å². The van der Waals surface area contributed by atoms with Crippen molar-refractivity contribution in [2.45, 2.75) is 6.10 Å². The molecule has 1 aromatic carbocycles. The van der Waals surface area contributed by atoms with Crippen molar-refractivity contribution >= 4 is 28.2 Å². The second-order valence-corrected chi connectivity index (χ2v) is 4.39. The zero-order valence-electron chi connectivity index (χ0n) is 10.1. The van der Waals surface area contributed by atoms with Gasteiger partial charge in [0, 0.05) is 25.2 Å². The number of anilines is 1. The number of aliphatic hydroxyl groups excluding tert-OH is 1. The van der Waals surface area contributed by atoms with Crippen molar-refractivity contribution in [1.29, 1.82) is 0 Å². The molecule has 0 radical (unpaired) electrons. The van der Waals surface area contributed by atoms with E-state index >= 15 is 0 Å². The average molecular weight is 267 g/mol. The Labute approximate surface area is 111 Å². The molecule has 0 fully saturated rings. The highest BCUT2D eigenvalue weighted by Crippen LogP contribution is 2.27. The van der Waals surface area contributed by atoms with Gasteiger partial charge in [-0.2, -0.15) is 0 Å². The Morgan fingerprint density at radius 2 is 2.28 bits per heavy atom. The monoisotopic (exact) mass is 266 g/mol. The maximum Gasteiger partial charge on any atom is 0.0948 e. The van der Waals surface area contributed by atoms with E-state index < -0.39 is 6.10 Å². The van der Waals surface area contributed by atoms with Gasteiger partial charge >= 0.3 is 0 Å². The molecule has 0 saturated heterocycles. The summed E-state index contributed by atoms with van der Waals surface area (Å²) < 4.78 is 4.87. The summed E-state index contributed by atoms with van der Waals surface area (Å²) in [7, 11) is 1.56. The van der Waals surface area contributed by atoms with Crippen LogP contribution >= 0.6 is 11.6 Å². The van der Waals surface area contributed by atoms with Crippen molar-refractivity contribution in [2.75, 3.05) is 25.6 Å². The first-order valence-electron chi connectivity index (χ1n) is 5.66.